The van der Waals surface area contributed by atoms with Crippen LogP contribution >= 0.6 is 11.3 Å². The summed E-state index contributed by atoms with van der Waals surface area (Å²) >= 11 is 1.82. The largest absolute Gasteiger partial charge is 0.311 e. The van der Waals surface area contributed by atoms with Gasteiger partial charge in [0.25, 0.3) is 0 Å². The molecule has 1 saturated carbocycles. The van der Waals surface area contributed by atoms with Gasteiger partial charge >= 0.3 is 0 Å². The minimum Gasteiger partial charge on any atom is -0.311 e. The third-order valence-electron chi connectivity index (χ3n) is 5.22. The van der Waals surface area contributed by atoms with Crippen LogP contribution in [0.2, 0.25) is 0 Å². The van der Waals surface area contributed by atoms with E-state index < -0.39 is 0 Å². The minimum atomic E-state index is 0.688. The van der Waals surface area contributed by atoms with Crippen LogP contribution < -0.4 is 5.32 Å². The Morgan fingerprint density at radius 3 is 2.90 bits per heavy atom. The SMILES string of the molecule is CC1CNC(C2CCCCC2)CN1CCc1ccsc1. The molecule has 1 aromatic rings. The van der Waals surface area contributed by atoms with Crippen molar-refractivity contribution in [3.8, 4) is 0 Å². The second-order valence-corrected chi connectivity index (χ2v) is 7.42. The molecule has 1 N–H and O–H groups in total. The van der Waals surface area contributed by atoms with E-state index in [-0.39, 0.29) is 0 Å². The van der Waals surface area contributed by atoms with Gasteiger partial charge < -0.3 is 5.32 Å². The molecule has 0 aromatic carbocycles. The summed E-state index contributed by atoms with van der Waals surface area (Å²) in [6, 6.07) is 3.71. The lowest BCUT2D eigenvalue weighted by Crippen LogP contribution is -2.58. The van der Waals surface area contributed by atoms with Crippen molar-refractivity contribution in [2.75, 3.05) is 19.6 Å². The molecule has 2 aliphatic rings. The van der Waals surface area contributed by atoms with Crippen molar-refractivity contribution in [2.24, 2.45) is 5.92 Å². The standard InChI is InChI=1S/C17H28N2S/c1-14-11-18-17(16-5-3-2-4-6-16)12-19(14)9-7-15-8-10-20-13-15/h8,10,13-14,16-18H,2-7,9,11-12H2,1H3. The molecule has 1 aliphatic carbocycles. The number of piperazine rings is 1. The van der Waals surface area contributed by atoms with Crippen molar-refractivity contribution in [2.45, 2.75) is 57.5 Å². The molecule has 1 saturated heterocycles. The zero-order valence-corrected chi connectivity index (χ0v) is 13.5. The molecule has 112 valence electrons. The Hall–Kier alpha value is -0.380. The highest BCUT2D eigenvalue weighted by molar-refractivity contribution is 7.07. The fraction of sp³-hybridized carbons (Fsp3) is 0.765. The Bertz CT molecular complexity index is 384. The predicted molar refractivity (Wildman–Crippen MR) is 87.4 cm³/mol. The van der Waals surface area contributed by atoms with Gasteiger partial charge in [0, 0.05) is 31.7 Å². The van der Waals surface area contributed by atoms with Crippen LogP contribution in [-0.2, 0) is 6.42 Å². The zero-order chi connectivity index (χ0) is 13.8. The number of hydrogen-bond acceptors (Lipinski definition) is 3. The Morgan fingerprint density at radius 1 is 1.30 bits per heavy atom. The summed E-state index contributed by atoms with van der Waals surface area (Å²) in [5, 5.41) is 8.32. The summed E-state index contributed by atoms with van der Waals surface area (Å²) in [5.41, 5.74) is 1.51. The third-order valence-corrected chi connectivity index (χ3v) is 5.95. The van der Waals surface area contributed by atoms with Crippen molar-refractivity contribution in [1.82, 2.24) is 10.2 Å². The number of rotatable bonds is 4. The maximum atomic E-state index is 3.82. The van der Waals surface area contributed by atoms with Crippen LogP contribution in [0.15, 0.2) is 16.8 Å². The van der Waals surface area contributed by atoms with E-state index in [0.717, 1.165) is 12.0 Å². The van der Waals surface area contributed by atoms with Gasteiger partial charge in [0.05, 0.1) is 0 Å². The van der Waals surface area contributed by atoms with Gasteiger partial charge in [0.2, 0.25) is 0 Å². The number of thiophene rings is 1. The summed E-state index contributed by atoms with van der Waals surface area (Å²) < 4.78 is 0. The monoisotopic (exact) mass is 292 g/mol. The van der Waals surface area contributed by atoms with Crippen molar-refractivity contribution in [3.63, 3.8) is 0 Å². The lowest BCUT2D eigenvalue weighted by Gasteiger charge is -2.43. The van der Waals surface area contributed by atoms with E-state index in [9.17, 15) is 0 Å². The van der Waals surface area contributed by atoms with Crippen LogP contribution in [-0.4, -0.2) is 36.6 Å². The Balaban J connectivity index is 1.52. The van der Waals surface area contributed by atoms with E-state index in [1.807, 2.05) is 11.3 Å². The maximum absolute atomic E-state index is 3.82. The molecule has 0 bridgehead atoms. The molecule has 2 nitrogen and oxygen atoms in total. The van der Waals surface area contributed by atoms with Crippen LogP contribution in [0.4, 0.5) is 0 Å². The van der Waals surface area contributed by atoms with Crippen LogP contribution in [0.3, 0.4) is 0 Å². The Kier molecular flexibility index (Phi) is 5.14. The second kappa shape index (κ2) is 7.06. The molecule has 1 aliphatic heterocycles. The van der Waals surface area contributed by atoms with Crippen molar-refractivity contribution in [3.05, 3.63) is 22.4 Å². The molecule has 0 amide bonds. The topological polar surface area (TPSA) is 15.3 Å². The van der Waals surface area contributed by atoms with Gasteiger partial charge in [0.1, 0.15) is 0 Å². The first-order valence-corrected chi connectivity index (χ1v) is 9.26. The van der Waals surface area contributed by atoms with Gasteiger partial charge in [0.15, 0.2) is 0 Å². The highest BCUT2D eigenvalue weighted by atomic mass is 32.1. The van der Waals surface area contributed by atoms with E-state index >= 15 is 0 Å². The van der Waals surface area contributed by atoms with Gasteiger partial charge in [-0.2, -0.15) is 11.3 Å². The molecule has 3 rings (SSSR count). The molecule has 20 heavy (non-hydrogen) atoms. The number of nitrogens with one attached hydrogen (secondary N) is 1. The molecule has 0 radical (unpaired) electrons. The number of hydrogen-bond donors (Lipinski definition) is 1. The van der Waals surface area contributed by atoms with Gasteiger partial charge in [-0.15, -0.1) is 0 Å². The van der Waals surface area contributed by atoms with Crippen LogP contribution in [0.25, 0.3) is 0 Å². The van der Waals surface area contributed by atoms with Gasteiger partial charge in [-0.1, -0.05) is 19.3 Å². The summed E-state index contributed by atoms with van der Waals surface area (Å²) in [7, 11) is 0. The molecule has 2 unspecified atom stereocenters. The third kappa shape index (κ3) is 3.63. The predicted octanol–water partition coefficient (Wildman–Crippen LogP) is 3.53. The lowest BCUT2D eigenvalue weighted by atomic mass is 9.82. The van der Waals surface area contributed by atoms with Gasteiger partial charge in [-0.05, 0) is 54.5 Å². The smallest absolute Gasteiger partial charge is 0.0224 e. The highest BCUT2D eigenvalue weighted by Gasteiger charge is 2.30. The Labute approximate surface area is 127 Å². The molecular weight excluding hydrogens is 264 g/mol. The number of nitrogens with zero attached hydrogens (tertiary/aromatic N) is 1. The van der Waals surface area contributed by atoms with E-state index in [1.165, 1.54) is 63.7 Å². The summed E-state index contributed by atoms with van der Waals surface area (Å²) in [4.78, 5) is 2.72. The normalized spacial score (nSPS) is 29.6. The van der Waals surface area contributed by atoms with E-state index in [1.54, 1.807) is 0 Å². The summed E-state index contributed by atoms with van der Waals surface area (Å²) in [6.45, 7) is 6.03. The molecule has 2 heterocycles. The highest BCUT2D eigenvalue weighted by Crippen LogP contribution is 2.28. The first-order chi connectivity index (χ1) is 9.83. The Morgan fingerprint density at radius 2 is 2.15 bits per heavy atom. The van der Waals surface area contributed by atoms with E-state index in [0.29, 0.717) is 6.04 Å². The second-order valence-electron chi connectivity index (χ2n) is 6.64. The zero-order valence-electron chi connectivity index (χ0n) is 12.7. The average Bonchev–Trinajstić information content (AvgIpc) is 3.01. The first-order valence-electron chi connectivity index (χ1n) is 8.31. The van der Waals surface area contributed by atoms with Gasteiger partial charge in [-0.25, -0.2) is 0 Å². The summed E-state index contributed by atoms with van der Waals surface area (Å²) in [6.07, 6.45) is 8.47. The fourth-order valence-electron chi connectivity index (χ4n) is 3.82. The van der Waals surface area contributed by atoms with Crippen LogP contribution in [0.1, 0.15) is 44.6 Å². The first kappa shape index (κ1) is 14.6. The molecule has 3 heteroatoms. The average molecular weight is 292 g/mol. The molecular formula is C17H28N2S. The van der Waals surface area contributed by atoms with Crippen molar-refractivity contribution < 1.29 is 0 Å². The minimum absolute atomic E-state index is 0.688. The quantitative estimate of drug-likeness (QED) is 0.913. The lowest BCUT2D eigenvalue weighted by molar-refractivity contribution is 0.105. The fourth-order valence-corrected chi connectivity index (χ4v) is 4.52. The maximum Gasteiger partial charge on any atom is 0.0224 e. The molecule has 1 aromatic heterocycles. The van der Waals surface area contributed by atoms with E-state index in [4.69, 9.17) is 0 Å². The molecule has 0 spiro atoms. The van der Waals surface area contributed by atoms with Crippen molar-refractivity contribution in [1.29, 1.82) is 0 Å². The van der Waals surface area contributed by atoms with Gasteiger partial charge in [-0.3, -0.25) is 4.90 Å². The van der Waals surface area contributed by atoms with E-state index in [2.05, 4.69) is 34.0 Å². The van der Waals surface area contributed by atoms with Crippen molar-refractivity contribution >= 4 is 11.3 Å². The van der Waals surface area contributed by atoms with Crippen LogP contribution in [0.5, 0.6) is 0 Å². The summed E-state index contributed by atoms with van der Waals surface area (Å²) in [5.74, 6) is 0.930. The van der Waals surface area contributed by atoms with Crippen LogP contribution in [0, 0.1) is 5.92 Å². The molecule has 2 atom stereocenters. The molecule has 2 fully saturated rings.